The molecule has 0 amide bonds. The van der Waals surface area contributed by atoms with Gasteiger partial charge in [0.25, 0.3) is 0 Å². The van der Waals surface area contributed by atoms with Crippen LogP contribution >= 0.6 is 0 Å². The fourth-order valence-corrected chi connectivity index (χ4v) is 4.09. The summed E-state index contributed by atoms with van der Waals surface area (Å²) in [7, 11) is 0. The molecule has 0 saturated carbocycles. The van der Waals surface area contributed by atoms with Gasteiger partial charge in [-0.2, -0.15) is 5.26 Å². The number of piperidine rings is 1. The minimum Gasteiger partial charge on any atom is -0.507 e. The smallest absolute Gasteiger partial charge is 0.128 e. The van der Waals surface area contributed by atoms with Gasteiger partial charge in [-0.15, -0.1) is 0 Å². The van der Waals surface area contributed by atoms with Crippen LogP contribution in [0.2, 0.25) is 0 Å². The Morgan fingerprint density at radius 2 is 1.85 bits per heavy atom. The van der Waals surface area contributed by atoms with Gasteiger partial charge >= 0.3 is 0 Å². The summed E-state index contributed by atoms with van der Waals surface area (Å²) in [5.74, 6) is 0.283. The number of phenolic OH excluding ortho intramolecular Hbond substituents is 1. The van der Waals surface area contributed by atoms with Gasteiger partial charge in [0.2, 0.25) is 0 Å². The molecule has 1 N–H and O–H groups in total. The Morgan fingerprint density at radius 3 is 2.44 bits per heavy atom. The Hall–Kier alpha value is -2.38. The molecule has 2 aromatic rings. The maximum Gasteiger partial charge on any atom is 0.128 e. The molecule has 27 heavy (non-hydrogen) atoms. The second kappa shape index (κ2) is 8.10. The molecule has 3 nitrogen and oxygen atoms in total. The van der Waals surface area contributed by atoms with Gasteiger partial charge in [0, 0.05) is 24.1 Å². The van der Waals surface area contributed by atoms with E-state index in [1.165, 1.54) is 6.07 Å². The highest BCUT2D eigenvalue weighted by molar-refractivity contribution is 5.70. The minimum absolute atomic E-state index is 0.0725. The lowest BCUT2D eigenvalue weighted by Crippen LogP contribution is -2.42. The third kappa shape index (κ3) is 4.14. The summed E-state index contributed by atoms with van der Waals surface area (Å²) in [5.41, 5.74) is 1.91. The lowest BCUT2D eigenvalue weighted by Gasteiger charge is -2.43. The lowest BCUT2D eigenvalue weighted by atomic mass is 9.68. The quantitative estimate of drug-likeness (QED) is 0.776. The minimum atomic E-state index is -0.288. The highest BCUT2D eigenvalue weighted by atomic mass is 19.1. The van der Waals surface area contributed by atoms with Gasteiger partial charge in [-0.1, -0.05) is 44.2 Å². The lowest BCUT2D eigenvalue weighted by molar-refractivity contribution is 0.0611. The molecule has 142 valence electrons. The van der Waals surface area contributed by atoms with Crippen LogP contribution in [0.4, 0.5) is 4.39 Å². The summed E-state index contributed by atoms with van der Waals surface area (Å²) < 4.78 is 14.7. The number of hydrogen-bond donors (Lipinski definition) is 1. The third-order valence-electron chi connectivity index (χ3n) is 6.15. The predicted octanol–water partition coefficient (Wildman–Crippen LogP) is 5.35. The Balaban J connectivity index is 1.72. The summed E-state index contributed by atoms with van der Waals surface area (Å²) in [6.07, 6.45) is 2.49. The Morgan fingerprint density at radius 1 is 1.19 bits per heavy atom. The molecule has 1 heterocycles. The normalized spacial score (nSPS) is 17.0. The van der Waals surface area contributed by atoms with Gasteiger partial charge in [0.1, 0.15) is 11.6 Å². The Labute approximate surface area is 161 Å². The number of aromatic hydroxyl groups is 1. The summed E-state index contributed by atoms with van der Waals surface area (Å²) in [6.45, 7) is 6.55. The number of halogens is 1. The van der Waals surface area contributed by atoms with Crippen molar-refractivity contribution in [2.24, 2.45) is 11.3 Å². The van der Waals surface area contributed by atoms with Gasteiger partial charge in [-0.25, -0.2) is 4.39 Å². The van der Waals surface area contributed by atoms with Crippen LogP contribution in [-0.4, -0.2) is 23.1 Å². The highest BCUT2D eigenvalue weighted by Crippen LogP contribution is 2.42. The SMILES string of the molecule is CC(C)C1(CC#N)CCN(Cc2cc(O)c(-c3ccccc3)cc2F)CC1. The van der Waals surface area contributed by atoms with Crippen molar-refractivity contribution in [3.63, 3.8) is 0 Å². The number of nitriles is 1. The molecule has 0 aliphatic carbocycles. The first-order valence-electron chi connectivity index (χ1n) is 9.61. The maximum absolute atomic E-state index is 14.7. The molecule has 0 spiro atoms. The average molecular weight is 366 g/mol. The molecule has 0 bridgehead atoms. The largest absolute Gasteiger partial charge is 0.507 e. The number of nitrogens with zero attached hydrogens (tertiary/aromatic N) is 2. The Bertz CT molecular complexity index is 818. The van der Waals surface area contributed by atoms with Crippen molar-refractivity contribution in [2.45, 2.75) is 39.7 Å². The number of phenols is 1. The summed E-state index contributed by atoms with van der Waals surface area (Å²) in [4.78, 5) is 2.22. The van der Waals surface area contributed by atoms with E-state index in [1.807, 2.05) is 30.3 Å². The van der Waals surface area contributed by atoms with E-state index in [0.29, 0.717) is 30.0 Å². The fraction of sp³-hybridized carbons (Fsp3) is 0.435. The zero-order valence-corrected chi connectivity index (χ0v) is 16.1. The zero-order chi connectivity index (χ0) is 19.4. The molecule has 1 aliphatic rings. The zero-order valence-electron chi connectivity index (χ0n) is 16.1. The van der Waals surface area contributed by atoms with Crippen molar-refractivity contribution < 1.29 is 9.50 Å². The number of rotatable bonds is 5. The number of hydrogen-bond acceptors (Lipinski definition) is 3. The molecule has 0 atom stereocenters. The van der Waals surface area contributed by atoms with Crippen molar-refractivity contribution in [1.82, 2.24) is 4.90 Å². The summed E-state index contributed by atoms with van der Waals surface area (Å²) in [6, 6.07) is 14.7. The van der Waals surface area contributed by atoms with Crippen molar-refractivity contribution >= 4 is 0 Å². The maximum atomic E-state index is 14.7. The molecular formula is C23H27FN2O. The van der Waals surface area contributed by atoms with Gasteiger partial charge in [0.15, 0.2) is 0 Å². The van der Waals surface area contributed by atoms with Crippen molar-refractivity contribution in [3.8, 4) is 22.9 Å². The summed E-state index contributed by atoms with van der Waals surface area (Å²) in [5, 5.41) is 19.6. The monoisotopic (exact) mass is 366 g/mol. The van der Waals surface area contributed by atoms with Crippen molar-refractivity contribution in [1.29, 1.82) is 5.26 Å². The molecule has 1 aliphatic heterocycles. The molecule has 1 saturated heterocycles. The molecule has 4 heteroatoms. The van der Waals surface area contributed by atoms with Crippen LogP contribution in [0.15, 0.2) is 42.5 Å². The highest BCUT2D eigenvalue weighted by Gasteiger charge is 2.37. The standard InChI is InChI=1S/C23H27FN2O/c1-17(2)23(8-11-25)9-12-26(13-10-23)16-19-14-22(27)20(15-21(19)24)18-6-4-3-5-7-18/h3-7,14-15,17,27H,8-10,12-13,16H2,1-2H3. The van der Waals surface area contributed by atoms with Crippen molar-refractivity contribution in [3.05, 3.63) is 53.8 Å². The molecular weight excluding hydrogens is 339 g/mol. The van der Waals surface area contributed by atoms with Gasteiger partial charge in [0.05, 0.1) is 6.07 Å². The molecule has 2 aromatic carbocycles. The van der Waals surface area contributed by atoms with E-state index >= 15 is 0 Å². The van der Waals surface area contributed by atoms with Gasteiger partial charge in [-0.05, 0) is 55.0 Å². The fourth-order valence-electron chi connectivity index (χ4n) is 4.09. The molecule has 1 fully saturated rings. The van der Waals surface area contributed by atoms with Crippen LogP contribution in [0.3, 0.4) is 0 Å². The van der Waals surface area contributed by atoms with E-state index < -0.39 is 0 Å². The van der Waals surface area contributed by atoms with Crippen LogP contribution in [0.5, 0.6) is 5.75 Å². The van der Waals surface area contributed by atoms with E-state index in [1.54, 1.807) is 6.07 Å². The Kier molecular flexibility index (Phi) is 5.82. The van der Waals surface area contributed by atoms with Crippen LogP contribution in [0.25, 0.3) is 11.1 Å². The van der Waals surface area contributed by atoms with Gasteiger partial charge in [-0.3, -0.25) is 4.90 Å². The molecule has 0 radical (unpaired) electrons. The first-order chi connectivity index (χ1) is 12.9. The predicted molar refractivity (Wildman–Crippen MR) is 106 cm³/mol. The third-order valence-corrected chi connectivity index (χ3v) is 6.15. The summed E-state index contributed by atoms with van der Waals surface area (Å²) >= 11 is 0. The molecule has 0 unspecified atom stereocenters. The van der Waals surface area contributed by atoms with Crippen molar-refractivity contribution in [2.75, 3.05) is 13.1 Å². The topological polar surface area (TPSA) is 47.3 Å². The second-order valence-corrected chi connectivity index (χ2v) is 7.95. The van der Waals surface area contributed by atoms with E-state index in [0.717, 1.165) is 31.5 Å². The second-order valence-electron chi connectivity index (χ2n) is 7.95. The average Bonchev–Trinajstić information content (AvgIpc) is 2.67. The first kappa shape index (κ1) is 19.4. The van der Waals surface area contributed by atoms with Crippen LogP contribution < -0.4 is 0 Å². The number of likely N-dealkylation sites (tertiary alicyclic amines) is 1. The molecule has 3 rings (SSSR count). The number of benzene rings is 2. The van der Waals surface area contributed by atoms with Crippen LogP contribution in [-0.2, 0) is 6.54 Å². The van der Waals surface area contributed by atoms with E-state index in [9.17, 15) is 14.8 Å². The van der Waals surface area contributed by atoms with E-state index in [-0.39, 0.29) is 17.0 Å². The van der Waals surface area contributed by atoms with E-state index in [2.05, 4.69) is 24.8 Å². The van der Waals surface area contributed by atoms with E-state index in [4.69, 9.17) is 0 Å². The van der Waals surface area contributed by atoms with Crippen LogP contribution in [0.1, 0.15) is 38.7 Å². The molecule has 0 aromatic heterocycles. The van der Waals surface area contributed by atoms with Gasteiger partial charge < -0.3 is 5.11 Å². The van der Waals surface area contributed by atoms with Crippen LogP contribution in [0, 0.1) is 28.5 Å². The first-order valence-corrected chi connectivity index (χ1v) is 9.61.